The van der Waals surface area contributed by atoms with E-state index in [1.807, 2.05) is 13.8 Å². The van der Waals surface area contributed by atoms with Gasteiger partial charge in [-0.3, -0.25) is 5.32 Å². The van der Waals surface area contributed by atoms with Crippen molar-refractivity contribution in [3.05, 3.63) is 5.01 Å². The molecule has 1 atom stereocenters. The predicted octanol–water partition coefficient (Wildman–Crippen LogP) is 3.00. The van der Waals surface area contributed by atoms with Gasteiger partial charge in [0, 0.05) is 11.8 Å². The van der Waals surface area contributed by atoms with Crippen molar-refractivity contribution in [2.24, 2.45) is 0 Å². The van der Waals surface area contributed by atoms with Crippen molar-refractivity contribution in [3.8, 4) is 6.07 Å². The van der Waals surface area contributed by atoms with Crippen LogP contribution in [-0.2, 0) is 0 Å². The second kappa shape index (κ2) is 7.07. The quantitative estimate of drug-likeness (QED) is 0.616. The molecule has 0 aliphatic heterocycles. The first kappa shape index (κ1) is 15.4. The first-order chi connectivity index (χ1) is 8.45. The van der Waals surface area contributed by atoms with Gasteiger partial charge in [0.25, 0.3) is 0 Å². The molecule has 1 N–H and O–H groups in total. The van der Waals surface area contributed by atoms with Crippen molar-refractivity contribution in [1.82, 2.24) is 15.5 Å². The van der Waals surface area contributed by atoms with Gasteiger partial charge in [0.15, 0.2) is 4.34 Å². The van der Waals surface area contributed by atoms with Crippen molar-refractivity contribution in [2.45, 2.75) is 56.5 Å². The molecule has 4 nitrogen and oxygen atoms in total. The number of nitriles is 1. The fourth-order valence-corrected chi connectivity index (χ4v) is 3.54. The number of nitrogens with one attached hydrogen (secondary N) is 1. The largest absolute Gasteiger partial charge is 0.297 e. The fraction of sp³-hybridized carbons (Fsp3) is 0.750. The Balaban J connectivity index is 2.30. The summed E-state index contributed by atoms with van der Waals surface area (Å²) in [6.45, 7) is 8.05. The van der Waals surface area contributed by atoms with Crippen molar-refractivity contribution >= 4 is 23.1 Å². The molecule has 1 aromatic heterocycles. The van der Waals surface area contributed by atoms with Crippen LogP contribution in [-0.4, -0.2) is 27.5 Å². The van der Waals surface area contributed by atoms with E-state index in [-0.39, 0.29) is 0 Å². The van der Waals surface area contributed by atoms with Crippen molar-refractivity contribution in [1.29, 1.82) is 5.26 Å². The highest BCUT2D eigenvalue weighted by atomic mass is 32.2. The van der Waals surface area contributed by atoms with Crippen molar-refractivity contribution < 1.29 is 0 Å². The maximum atomic E-state index is 9.21. The maximum Gasteiger partial charge on any atom is 0.174 e. The number of rotatable bonds is 7. The lowest BCUT2D eigenvalue weighted by Crippen LogP contribution is -2.44. The molecule has 0 radical (unpaired) electrons. The molecule has 0 aliphatic rings. The third-order valence-electron chi connectivity index (χ3n) is 2.41. The Labute approximate surface area is 117 Å². The van der Waals surface area contributed by atoms with Gasteiger partial charge in [-0.2, -0.15) is 5.26 Å². The number of thioether (sulfide) groups is 1. The molecular formula is C12H20N4S2. The molecule has 18 heavy (non-hydrogen) atoms. The van der Waals surface area contributed by atoms with E-state index in [0.29, 0.717) is 6.04 Å². The summed E-state index contributed by atoms with van der Waals surface area (Å²) in [4.78, 5) is 0. The third-order valence-corrected chi connectivity index (χ3v) is 4.47. The summed E-state index contributed by atoms with van der Waals surface area (Å²) in [7, 11) is 0. The third kappa shape index (κ3) is 5.34. The zero-order chi connectivity index (χ0) is 13.6. The lowest BCUT2D eigenvalue weighted by atomic mass is 9.97. The number of hydrogen-bond donors (Lipinski definition) is 1. The first-order valence-electron chi connectivity index (χ1n) is 6.07. The molecule has 0 spiro atoms. The molecule has 0 amide bonds. The summed E-state index contributed by atoms with van der Waals surface area (Å²) < 4.78 is 1.02. The number of hydrogen-bond acceptors (Lipinski definition) is 6. The molecule has 0 aromatic carbocycles. The van der Waals surface area contributed by atoms with Crippen LogP contribution in [0.1, 0.15) is 38.6 Å². The maximum absolute atomic E-state index is 9.21. The second-order valence-electron chi connectivity index (χ2n) is 4.78. The lowest BCUT2D eigenvalue weighted by Gasteiger charge is -2.25. The Morgan fingerprint density at radius 3 is 2.72 bits per heavy atom. The zero-order valence-corrected chi connectivity index (χ0v) is 13.0. The fourth-order valence-electron chi connectivity index (χ4n) is 1.72. The Morgan fingerprint density at radius 1 is 1.50 bits per heavy atom. The smallest absolute Gasteiger partial charge is 0.174 e. The Hall–Kier alpha value is -0.640. The normalized spacial score (nSPS) is 14.4. The van der Waals surface area contributed by atoms with Gasteiger partial charge in [-0.15, -0.1) is 10.2 Å². The average molecular weight is 284 g/mol. The van der Waals surface area contributed by atoms with Crippen LogP contribution in [0, 0.1) is 18.3 Å². The Morgan fingerprint density at radius 2 is 2.22 bits per heavy atom. The molecule has 0 saturated carbocycles. The van der Waals surface area contributed by atoms with Crippen LogP contribution in [0.3, 0.4) is 0 Å². The van der Waals surface area contributed by atoms with Crippen LogP contribution < -0.4 is 5.32 Å². The summed E-state index contributed by atoms with van der Waals surface area (Å²) in [6, 6.07) is 2.69. The summed E-state index contributed by atoms with van der Waals surface area (Å²) in [6.07, 6.45) is 1.85. The van der Waals surface area contributed by atoms with Gasteiger partial charge >= 0.3 is 0 Å². The van der Waals surface area contributed by atoms with E-state index in [1.54, 1.807) is 23.1 Å². The lowest BCUT2D eigenvalue weighted by molar-refractivity contribution is 0.380. The SMILES string of the molecule is Cc1nnc(SCCCC(C)(C#N)NC(C)C)s1. The predicted molar refractivity (Wildman–Crippen MR) is 76.9 cm³/mol. The minimum Gasteiger partial charge on any atom is -0.297 e. The van der Waals surface area contributed by atoms with Crippen molar-refractivity contribution in [2.75, 3.05) is 5.75 Å². The van der Waals surface area contributed by atoms with Gasteiger partial charge in [-0.1, -0.05) is 23.1 Å². The molecule has 0 fully saturated rings. The van der Waals surface area contributed by atoms with E-state index in [0.717, 1.165) is 27.9 Å². The minimum atomic E-state index is -0.425. The van der Waals surface area contributed by atoms with E-state index in [1.165, 1.54) is 0 Å². The Kier molecular flexibility index (Phi) is 6.06. The average Bonchev–Trinajstić information content (AvgIpc) is 2.70. The second-order valence-corrected chi connectivity index (χ2v) is 7.31. The monoisotopic (exact) mass is 284 g/mol. The molecule has 1 aromatic rings. The van der Waals surface area contributed by atoms with Crippen molar-refractivity contribution in [3.63, 3.8) is 0 Å². The zero-order valence-electron chi connectivity index (χ0n) is 11.4. The van der Waals surface area contributed by atoms with Gasteiger partial charge in [0.05, 0.1) is 6.07 Å². The van der Waals surface area contributed by atoms with Gasteiger partial charge in [0.2, 0.25) is 0 Å². The van der Waals surface area contributed by atoms with Crippen LogP contribution in [0.5, 0.6) is 0 Å². The molecule has 0 bridgehead atoms. The van der Waals surface area contributed by atoms with Gasteiger partial charge in [-0.25, -0.2) is 0 Å². The first-order valence-corrected chi connectivity index (χ1v) is 7.87. The summed E-state index contributed by atoms with van der Waals surface area (Å²) in [5.74, 6) is 0.978. The molecule has 1 heterocycles. The van der Waals surface area contributed by atoms with E-state index in [4.69, 9.17) is 0 Å². The van der Waals surface area contributed by atoms with Gasteiger partial charge < -0.3 is 0 Å². The number of aryl methyl sites for hydroxylation is 1. The van der Waals surface area contributed by atoms with E-state index in [2.05, 4.69) is 35.4 Å². The molecule has 100 valence electrons. The number of nitrogens with zero attached hydrogens (tertiary/aromatic N) is 3. The van der Waals surface area contributed by atoms with Crippen LogP contribution in [0.4, 0.5) is 0 Å². The molecule has 0 saturated heterocycles. The minimum absolute atomic E-state index is 0.327. The van der Waals surface area contributed by atoms with Crippen LogP contribution in [0.2, 0.25) is 0 Å². The summed E-state index contributed by atoms with van der Waals surface area (Å²) in [5, 5.41) is 21.6. The van der Waals surface area contributed by atoms with Crippen LogP contribution in [0.15, 0.2) is 4.34 Å². The Bertz CT molecular complexity index is 410. The van der Waals surface area contributed by atoms with Gasteiger partial charge in [-0.05, 0) is 40.5 Å². The standard InChI is InChI=1S/C12H20N4S2/c1-9(2)14-12(4,8-13)6-5-7-17-11-16-15-10(3)18-11/h9,14H,5-7H2,1-4H3. The molecule has 6 heteroatoms. The number of aromatic nitrogens is 2. The molecule has 1 rings (SSSR count). The van der Waals surface area contributed by atoms with Crippen LogP contribution in [0.25, 0.3) is 0 Å². The molecular weight excluding hydrogens is 264 g/mol. The summed E-state index contributed by atoms with van der Waals surface area (Å²) >= 11 is 3.34. The van der Waals surface area contributed by atoms with E-state index < -0.39 is 5.54 Å². The highest BCUT2D eigenvalue weighted by Gasteiger charge is 2.23. The topological polar surface area (TPSA) is 61.6 Å². The molecule has 0 aliphatic carbocycles. The van der Waals surface area contributed by atoms with Crippen LogP contribution >= 0.6 is 23.1 Å². The highest BCUT2D eigenvalue weighted by Crippen LogP contribution is 2.24. The summed E-state index contributed by atoms with van der Waals surface area (Å²) in [5.41, 5.74) is -0.425. The molecule has 1 unspecified atom stereocenters. The van der Waals surface area contributed by atoms with E-state index in [9.17, 15) is 5.26 Å². The van der Waals surface area contributed by atoms with Gasteiger partial charge in [0.1, 0.15) is 10.5 Å². The highest BCUT2D eigenvalue weighted by molar-refractivity contribution is 8.01. The van der Waals surface area contributed by atoms with E-state index >= 15 is 0 Å².